The molecule has 0 unspecified atom stereocenters. The number of anilines is 1. The van der Waals surface area contributed by atoms with Gasteiger partial charge in [-0.1, -0.05) is 0 Å². The van der Waals surface area contributed by atoms with E-state index in [0.29, 0.717) is 66.2 Å². The van der Waals surface area contributed by atoms with Gasteiger partial charge >= 0.3 is 6.18 Å². The van der Waals surface area contributed by atoms with Gasteiger partial charge in [0.15, 0.2) is 0 Å². The number of alkyl halides is 3. The number of rotatable bonds is 8. The fourth-order valence-corrected chi connectivity index (χ4v) is 4.28. The van der Waals surface area contributed by atoms with Crippen molar-refractivity contribution in [1.82, 2.24) is 9.78 Å². The van der Waals surface area contributed by atoms with Crippen LogP contribution in [0, 0.1) is 0 Å². The smallest absolute Gasteiger partial charge is 0.418 e. The Kier molecular flexibility index (Phi) is 7.02. The molecule has 0 aliphatic heterocycles. The van der Waals surface area contributed by atoms with Gasteiger partial charge in [-0.3, -0.25) is 4.79 Å². The molecule has 0 atom stereocenters. The molecule has 0 fully saturated rings. The highest BCUT2D eigenvalue weighted by Crippen LogP contribution is 2.37. The number of aliphatic hydroxyl groups is 1. The quantitative estimate of drug-likeness (QED) is 0.461. The van der Waals surface area contributed by atoms with Gasteiger partial charge < -0.3 is 19.9 Å². The molecule has 3 aromatic rings. The topological polar surface area (TPSA) is 85.6 Å². The minimum Gasteiger partial charge on any atom is -0.497 e. The molecule has 0 bridgehead atoms. The average Bonchev–Trinajstić information content (AvgIpc) is 3.34. The zero-order valence-electron chi connectivity index (χ0n) is 19.4. The van der Waals surface area contributed by atoms with Crippen LogP contribution in [0.2, 0.25) is 0 Å². The van der Waals surface area contributed by atoms with Crippen LogP contribution in [0.15, 0.2) is 41.2 Å². The minimum absolute atomic E-state index is 0.0559. The standard InChI is InChI=1S/C25H26F3N3O4/c1-34-17-11-15(12-18(14-17)35-2)23-19-5-3-6-20(19)24(33)31(30-23)22-13-16(29-9-4-10-32)7-8-21(22)25(26,27)28/h7-8,11-14,29,32H,3-6,9-10H2,1-2H3. The summed E-state index contributed by atoms with van der Waals surface area (Å²) in [5, 5.41) is 16.5. The van der Waals surface area contributed by atoms with Crippen LogP contribution in [-0.2, 0) is 19.0 Å². The van der Waals surface area contributed by atoms with Crippen molar-refractivity contribution in [2.24, 2.45) is 0 Å². The lowest BCUT2D eigenvalue weighted by Crippen LogP contribution is -2.28. The molecule has 0 saturated carbocycles. The molecule has 2 aromatic carbocycles. The second-order valence-corrected chi connectivity index (χ2v) is 8.21. The van der Waals surface area contributed by atoms with E-state index in [1.807, 2.05) is 0 Å². The number of benzene rings is 2. The molecule has 0 amide bonds. The van der Waals surface area contributed by atoms with Gasteiger partial charge in [0.05, 0.1) is 31.2 Å². The number of aliphatic hydroxyl groups excluding tert-OH is 1. The van der Waals surface area contributed by atoms with Gasteiger partial charge in [0.2, 0.25) is 0 Å². The lowest BCUT2D eigenvalue weighted by molar-refractivity contribution is -0.137. The molecule has 0 radical (unpaired) electrons. The fourth-order valence-electron chi connectivity index (χ4n) is 4.28. The van der Waals surface area contributed by atoms with Crippen LogP contribution in [0.3, 0.4) is 0 Å². The zero-order valence-corrected chi connectivity index (χ0v) is 19.4. The normalized spacial score (nSPS) is 13.0. The summed E-state index contributed by atoms with van der Waals surface area (Å²) >= 11 is 0. The molecule has 1 heterocycles. The third-order valence-electron chi connectivity index (χ3n) is 5.97. The maximum absolute atomic E-state index is 14.0. The summed E-state index contributed by atoms with van der Waals surface area (Å²) in [4.78, 5) is 13.4. The first kappa shape index (κ1) is 24.6. The van der Waals surface area contributed by atoms with Crippen molar-refractivity contribution < 1.29 is 27.8 Å². The van der Waals surface area contributed by atoms with Crippen molar-refractivity contribution in [2.75, 3.05) is 32.7 Å². The first-order valence-corrected chi connectivity index (χ1v) is 11.2. The fraction of sp³-hybridized carbons (Fsp3) is 0.360. The van der Waals surface area contributed by atoms with Crippen LogP contribution in [-0.4, -0.2) is 42.3 Å². The first-order chi connectivity index (χ1) is 16.8. The number of halogens is 3. The van der Waals surface area contributed by atoms with Crippen LogP contribution < -0.4 is 20.3 Å². The van der Waals surface area contributed by atoms with E-state index in [9.17, 15) is 18.0 Å². The van der Waals surface area contributed by atoms with Crippen molar-refractivity contribution in [3.8, 4) is 28.4 Å². The van der Waals surface area contributed by atoms with Gasteiger partial charge in [0.25, 0.3) is 5.56 Å². The van der Waals surface area contributed by atoms with Crippen LogP contribution in [0.25, 0.3) is 16.9 Å². The molecular formula is C25H26F3N3O4. The Labute approximate surface area is 200 Å². The Morgan fingerprint density at radius 2 is 1.74 bits per heavy atom. The van der Waals surface area contributed by atoms with E-state index in [1.165, 1.54) is 26.4 Å². The predicted molar refractivity (Wildman–Crippen MR) is 126 cm³/mol. The Morgan fingerprint density at radius 1 is 1.06 bits per heavy atom. The molecular weight excluding hydrogens is 463 g/mol. The number of hydrogen-bond donors (Lipinski definition) is 2. The van der Waals surface area contributed by atoms with Gasteiger partial charge in [0, 0.05) is 36.0 Å². The highest BCUT2D eigenvalue weighted by atomic mass is 19.4. The summed E-state index contributed by atoms with van der Waals surface area (Å²) in [5.74, 6) is 0.994. The van der Waals surface area contributed by atoms with E-state index in [2.05, 4.69) is 10.4 Å². The number of fused-ring (bicyclic) bond motifs is 1. The lowest BCUT2D eigenvalue weighted by atomic mass is 10.0. The molecule has 1 aromatic heterocycles. The molecule has 1 aliphatic rings. The minimum atomic E-state index is -4.70. The first-order valence-electron chi connectivity index (χ1n) is 11.2. The average molecular weight is 489 g/mol. The maximum atomic E-state index is 14.0. The molecule has 1 aliphatic carbocycles. The van der Waals surface area contributed by atoms with Crippen LogP contribution in [0.5, 0.6) is 11.5 Å². The lowest BCUT2D eigenvalue weighted by Gasteiger charge is -2.18. The molecule has 10 heteroatoms. The van der Waals surface area contributed by atoms with Gasteiger partial charge in [-0.05, 0) is 61.6 Å². The van der Waals surface area contributed by atoms with Gasteiger partial charge in [0.1, 0.15) is 11.5 Å². The van der Waals surface area contributed by atoms with Crippen molar-refractivity contribution in [3.63, 3.8) is 0 Å². The molecule has 2 N–H and O–H groups in total. The van der Waals surface area contributed by atoms with E-state index >= 15 is 0 Å². The van der Waals surface area contributed by atoms with Crippen molar-refractivity contribution in [2.45, 2.75) is 31.9 Å². The van der Waals surface area contributed by atoms with Gasteiger partial charge in [-0.2, -0.15) is 23.0 Å². The zero-order chi connectivity index (χ0) is 25.2. The molecule has 7 nitrogen and oxygen atoms in total. The third kappa shape index (κ3) is 4.97. The number of nitrogens with zero attached hydrogens (tertiary/aromatic N) is 2. The molecule has 0 spiro atoms. The van der Waals surface area contributed by atoms with E-state index in [-0.39, 0.29) is 12.3 Å². The molecule has 4 rings (SSSR count). The number of ether oxygens (including phenoxy) is 2. The summed E-state index contributed by atoms with van der Waals surface area (Å²) < 4.78 is 53.5. The second-order valence-electron chi connectivity index (χ2n) is 8.21. The number of nitrogens with one attached hydrogen (secondary N) is 1. The largest absolute Gasteiger partial charge is 0.497 e. The Hall–Kier alpha value is -3.53. The Morgan fingerprint density at radius 3 is 2.37 bits per heavy atom. The summed E-state index contributed by atoms with van der Waals surface area (Å²) in [6, 6.07) is 8.63. The highest BCUT2D eigenvalue weighted by Gasteiger charge is 2.35. The van der Waals surface area contributed by atoms with Crippen molar-refractivity contribution in [3.05, 3.63) is 63.4 Å². The van der Waals surface area contributed by atoms with Crippen molar-refractivity contribution >= 4 is 5.69 Å². The van der Waals surface area contributed by atoms with E-state index in [1.54, 1.807) is 18.2 Å². The number of aromatic nitrogens is 2. The van der Waals surface area contributed by atoms with Crippen LogP contribution in [0.4, 0.5) is 18.9 Å². The predicted octanol–water partition coefficient (Wildman–Crippen LogP) is 4.22. The third-order valence-corrected chi connectivity index (χ3v) is 5.97. The van der Waals surface area contributed by atoms with Crippen LogP contribution in [0.1, 0.15) is 29.5 Å². The van der Waals surface area contributed by atoms with Gasteiger partial charge in [-0.15, -0.1) is 0 Å². The summed E-state index contributed by atoms with van der Waals surface area (Å²) in [7, 11) is 3.00. The summed E-state index contributed by atoms with van der Waals surface area (Å²) in [5.41, 5.74) is 0.694. The van der Waals surface area contributed by atoms with Gasteiger partial charge in [-0.25, -0.2) is 0 Å². The second kappa shape index (κ2) is 9.99. The van der Waals surface area contributed by atoms with E-state index in [4.69, 9.17) is 14.6 Å². The molecule has 186 valence electrons. The van der Waals surface area contributed by atoms with Crippen molar-refractivity contribution in [1.29, 1.82) is 0 Å². The van der Waals surface area contributed by atoms with E-state index in [0.717, 1.165) is 16.3 Å². The molecule has 35 heavy (non-hydrogen) atoms. The van der Waals surface area contributed by atoms with E-state index < -0.39 is 17.3 Å². The monoisotopic (exact) mass is 489 g/mol. The van der Waals surface area contributed by atoms with Crippen LogP contribution >= 0.6 is 0 Å². The number of hydrogen-bond acceptors (Lipinski definition) is 6. The number of methoxy groups -OCH3 is 2. The summed E-state index contributed by atoms with van der Waals surface area (Å²) in [6.45, 7) is 0.308. The SMILES string of the molecule is COc1cc(OC)cc(-c2nn(-c3cc(NCCCO)ccc3C(F)(F)F)c(=O)c3c2CCC3)c1. The molecule has 0 saturated heterocycles. The summed E-state index contributed by atoms with van der Waals surface area (Å²) in [6.07, 6.45) is -2.50. The Balaban J connectivity index is 1.95. The highest BCUT2D eigenvalue weighted by molar-refractivity contribution is 5.69. The Bertz CT molecular complexity index is 1270. The maximum Gasteiger partial charge on any atom is 0.418 e.